The second-order valence-corrected chi connectivity index (χ2v) is 15.4. The van der Waals surface area contributed by atoms with Gasteiger partial charge in [0.25, 0.3) is 20.6 Å². The van der Waals surface area contributed by atoms with Crippen molar-refractivity contribution in [2.24, 2.45) is 0 Å². The number of alkyl halides is 2. The fourth-order valence-corrected chi connectivity index (χ4v) is 7.06. The molecule has 6 heterocycles. The van der Waals surface area contributed by atoms with Gasteiger partial charge < -0.3 is 30.0 Å². The Hall–Kier alpha value is -3.01. The van der Waals surface area contributed by atoms with Gasteiger partial charge in [-0.3, -0.25) is 32.5 Å². The van der Waals surface area contributed by atoms with Crippen LogP contribution in [0.4, 0.5) is 20.5 Å². The molecule has 0 bridgehead atoms. The van der Waals surface area contributed by atoms with Crippen molar-refractivity contribution >= 4 is 68.2 Å². The van der Waals surface area contributed by atoms with Gasteiger partial charge in [-0.05, 0) is 0 Å². The van der Waals surface area contributed by atoms with Gasteiger partial charge in [0.05, 0.1) is 32.0 Å². The highest BCUT2D eigenvalue weighted by molar-refractivity contribution is 8.44. The number of halogens is 2. The monoisotopic (exact) mass is 706 g/mol. The minimum Gasteiger partial charge on any atom is -0.382 e. The van der Waals surface area contributed by atoms with Crippen molar-refractivity contribution in [2.75, 3.05) is 31.8 Å². The number of nitrogens with one attached hydrogen (secondary N) is 1. The van der Waals surface area contributed by atoms with E-state index in [1.54, 1.807) is 0 Å². The number of nitrogens with two attached hydrogens (primary N) is 2. The molecule has 25 heteroatoms. The van der Waals surface area contributed by atoms with Crippen LogP contribution in [0.15, 0.2) is 23.8 Å². The van der Waals surface area contributed by atoms with Gasteiger partial charge in [-0.15, -0.1) is 0 Å². The minimum absolute atomic E-state index is 0.00150. The predicted octanol–water partition coefficient (Wildman–Crippen LogP) is 0.829. The topological polar surface area (TPSA) is 249 Å². The average Bonchev–Trinajstić information content (AvgIpc) is 3.77. The van der Waals surface area contributed by atoms with Crippen LogP contribution < -0.4 is 17.0 Å². The Bertz CT molecular complexity index is 1920. The molecule has 0 saturated carbocycles. The van der Waals surface area contributed by atoms with E-state index in [4.69, 9.17) is 39.0 Å². The lowest BCUT2D eigenvalue weighted by Gasteiger charge is -2.24. The molecule has 19 nitrogen and oxygen atoms in total. The van der Waals surface area contributed by atoms with E-state index in [2.05, 4.69) is 42.2 Å². The lowest BCUT2D eigenvalue weighted by molar-refractivity contribution is -0.0436. The molecule has 6 rings (SSSR count). The molecule has 2 saturated heterocycles. The number of nitrogens with zero attached hydrogens (tertiary/aromatic N) is 7. The Morgan fingerprint density at radius 2 is 1.78 bits per heavy atom. The number of hydrogen-bond donors (Lipinski definition) is 4. The summed E-state index contributed by atoms with van der Waals surface area (Å²) in [5.41, 5.74) is 11.1. The largest absolute Gasteiger partial charge is 0.386 e. The summed E-state index contributed by atoms with van der Waals surface area (Å²) in [6.07, 6.45) is -6.89. The molecule has 0 amide bonds. The van der Waals surface area contributed by atoms with Gasteiger partial charge in [0.1, 0.15) is 30.2 Å². The minimum atomic E-state index is -4.40. The van der Waals surface area contributed by atoms with Crippen LogP contribution >= 0.6 is 26.5 Å². The molecule has 4 aromatic rings. The Balaban J connectivity index is 1.16. The molecule has 0 aromatic carbocycles. The zero-order valence-corrected chi connectivity index (χ0v) is 26.6. The van der Waals surface area contributed by atoms with Crippen molar-refractivity contribution in [3.8, 4) is 0 Å². The molecule has 5 N–H and O–H groups in total. The highest BCUT2D eigenvalue weighted by atomic mass is 32.7. The second-order valence-electron chi connectivity index (χ2n) is 10.4. The number of anilines is 2. The first-order valence-electron chi connectivity index (χ1n) is 13.4. The van der Waals surface area contributed by atoms with Gasteiger partial charge in [-0.1, -0.05) is 12.2 Å². The van der Waals surface area contributed by atoms with Gasteiger partial charge in [-0.25, -0.2) is 33.3 Å². The number of aromatic nitrogens is 8. The van der Waals surface area contributed by atoms with Crippen molar-refractivity contribution in [1.82, 2.24) is 39.0 Å². The van der Waals surface area contributed by atoms with Crippen molar-refractivity contribution in [1.29, 1.82) is 0 Å². The molecular weight excluding hydrogens is 679 g/mol. The zero-order chi connectivity index (χ0) is 33.0. The van der Waals surface area contributed by atoms with Crippen molar-refractivity contribution in [3.05, 3.63) is 29.3 Å². The Morgan fingerprint density at radius 3 is 2.52 bits per heavy atom. The SMILES string of the molecule is BP(=O)(OC)OC[C@H]1O[C@@H](n2cnc3c(N)ncnc32)[C@H](F)[C@@H]1O[P@](=O)(S)OC[C@@H]1C[C@@H](F)[C@H](n2cnc3c(=O)[nH]c(N)nc32)O1. The zero-order valence-electron chi connectivity index (χ0n) is 24.0. The standard InChI is InChI=1S/C21H27BF2N10O9P2S/c1-38-44(22,36)39-4-10-14(11(24)20(42-10)33-6-29-12-15(25)27-5-28-16(12)33)43-45(37,46)40-3-8-2-9(23)19(41-8)34-7-30-13-17(34)31-21(26)32-18(13)35/h5-11,14,19-20H,2-4,22H2,1H3,(H,37,46)(H2,25,27,28)(H3,26,31,32,35)/t8-,9+,10+,11+,14+,19+,20+,44?,45+/m0/s1. The van der Waals surface area contributed by atoms with E-state index in [0.717, 1.165) is 6.33 Å². The molecule has 0 aliphatic carbocycles. The molecule has 2 fully saturated rings. The summed E-state index contributed by atoms with van der Waals surface area (Å²) >= 11 is 4.00. The van der Waals surface area contributed by atoms with Crippen LogP contribution in [0.25, 0.3) is 22.3 Å². The van der Waals surface area contributed by atoms with Crippen LogP contribution in [0.5, 0.6) is 0 Å². The molecule has 46 heavy (non-hydrogen) atoms. The molecule has 1 unspecified atom stereocenters. The van der Waals surface area contributed by atoms with E-state index >= 15 is 8.78 Å². The van der Waals surface area contributed by atoms with E-state index < -0.39 is 76.2 Å². The number of ether oxygens (including phenoxy) is 2. The van der Waals surface area contributed by atoms with Crippen LogP contribution in [0.3, 0.4) is 0 Å². The Morgan fingerprint density at radius 1 is 1.07 bits per heavy atom. The highest BCUT2D eigenvalue weighted by Gasteiger charge is 2.51. The average molecular weight is 706 g/mol. The summed E-state index contributed by atoms with van der Waals surface area (Å²) in [6, 6.07) is 0. The van der Waals surface area contributed by atoms with Crippen molar-refractivity contribution < 1.29 is 45.5 Å². The number of H-pyrrole nitrogens is 1. The number of thiol groups is 1. The van der Waals surface area contributed by atoms with Gasteiger partial charge in [0.2, 0.25) is 5.95 Å². The first-order chi connectivity index (χ1) is 21.8. The van der Waals surface area contributed by atoms with Gasteiger partial charge >= 0.3 is 6.80 Å². The molecule has 2 aliphatic rings. The van der Waals surface area contributed by atoms with Crippen molar-refractivity contribution in [3.63, 3.8) is 0 Å². The third-order valence-corrected chi connectivity index (χ3v) is 10.2. The van der Waals surface area contributed by atoms with Crippen LogP contribution in [0, 0.1) is 0 Å². The Kier molecular flexibility index (Phi) is 8.98. The summed E-state index contributed by atoms with van der Waals surface area (Å²) in [7, 11) is -1.19. The summed E-state index contributed by atoms with van der Waals surface area (Å²) in [6.45, 7) is -5.38. The third kappa shape index (κ3) is 6.43. The second kappa shape index (κ2) is 12.5. The van der Waals surface area contributed by atoms with Gasteiger partial charge in [0.15, 0.2) is 41.3 Å². The summed E-state index contributed by atoms with van der Waals surface area (Å²) in [4.78, 5) is 34.4. The summed E-state index contributed by atoms with van der Waals surface area (Å²) < 4.78 is 91.9. The summed E-state index contributed by atoms with van der Waals surface area (Å²) in [5.74, 6) is -0.149. The molecule has 248 valence electrons. The van der Waals surface area contributed by atoms with E-state index in [1.807, 2.05) is 0 Å². The van der Waals surface area contributed by atoms with Crippen LogP contribution in [0.1, 0.15) is 18.9 Å². The molecular formula is C21H27BF2N10O9P2S. The fraction of sp³-hybridized carbons (Fsp3) is 0.524. The van der Waals surface area contributed by atoms with Gasteiger partial charge in [-0.2, -0.15) is 4.98 Å². The van der Waals surface area contributed by atoms with Crippen LogP contribution in [-0.4, -0.2) is 97.6 Å². The number of aromatic amines is 1. The maximum atomic E-state index is 16.0. The number of fused-ring (bicyclic) bond motifs is 2. The normalized spacial score (nSPS) is 29.3. The maximum absolute atomic E-state index is 16.0. The third-order valence-electron chi connectivity index (χ3n) is 7.27. The quantitative estimate of drug-likeness (QED) is 0.0958. The lowest BCUT2D eigenvalue weighted by Crippen LogP contribution is -2.33. The Labute approximate surface area is 263 Å². The summed E-state index contributed by atoms with van der Waals surface area (Å²) in [5, 5.41) is 0. The van der Waals surface area contributed by atoms with E-state index in [0.29, 0.717) is 0 Å². The predicted molar refractivity (Wildman–Crippen MR) is 161 cm³/mol. The molecule has 9 atom stereocenters. The van der Waals surface area contributed by atoms with E-state index in [1.165, 1.54) is 36.5 Å². The lowest BCUT2D eigenvalue weighted by atomic mass is 10.1. The fourth-order valence-electron chi connectivity index (χ4n) is 5.04. The molecule has 2 aliphatic heterocycles. The number of rotatable bonds is 11. The molecule has 0 radical (unpaired) electrons. The van der Waals surface area contributed by atoms with Crippen molar-refractivity contribution in [2.45, 2.75) is 49.5 Å². The van der Waals surface area contributed by atoms with Crippen LogP contribution in [0.2, 0.25) is 0 Å². The van der Waals surface area contributed by atoms with E-state index in [9.17, 15) is 13.9 Å². The van der Waals surface area contributed by atoms with Gasteiger partial charge in [0, 0.05) is 13.5 Å². The first kappa shape index (κ1) is 32.9. The smallest absolute Gasteiger partial charge is 0.382 e. The number of hydrogen-bond acceptors (Lipinski definition) is 16. The number of imidazole rings is 2. The van der Waals surface area contributed by atoms with E-state index in [-0.39, 0.29) is 40.5 Å². The molecule has 4 aromatic heterocycles. The molecule has 0 spiro atoms. The number of nitrogen functional groups attached to an aromatic ring is 2. The maximum Gasteiger partial charge on any atom is 0.386 e. The van der Waals surface area contributed by atoms with Crippen LogP contribution in [-0.2, 0) is 36.7 Å². The highest BCUT2D eigenvalue weighted by Crippen LogP contribution is 2.57. The first-order valence-corrected chi connectivity index (χ1v) is 18.1.